The number of nitrogens with zero attached hydrogens (tertiary/aromatic N) is 2. The van der Waals surface area contributed by atoms with Crippen LogP contribution in [0.4, 0.5) is 5.69 Å². The van der Waals surface area contributed by atoms with Gasteiger partial charge in [-0.3, -0.25) is 9.89 Å². The standard InChI is InChI=1S/C19H22N4O/c1-23(15-9-3-2-4-10-15)14-8-7-13-20-19(24)18-16-11-5-6-12-17(16)21-22-18/h2-6,9-12H,7-8,13-14H2,1H3,(H,20,24)(H,21,22). The second-order valence-corrected chi connectivity index (χ2v) is 5.84. The van der Waals surface area contributed by atoms with E-state index in [1.54, 1.807) is 0 Å². The third kappa shape index (κ3) is 3.74. The molecule has 1 aromatic heterocycles. The maximum atomic E-state index is 12.2. The minimum Gasteiger partial charge on any atom is -0.375 e. The summed E-state index contributed by atoms with van der Waals surface area (Å²) in [5.74, 6) is -0.121. The molecule has 1 heterocycles. The Kier molecular flexibility index (Phi) is 5.11. The molecule has 0 saturated heterocycles. The lowest BCUT2D eigenvalue weighted by atomic mass is 10.2. The number of amides is 1. The van der Waals surface area contributed by atoms with Crippen LogP contribution in [0.25, 0.3) is 10.9 Å². The molecule has 24 heavy (non-hydrogen) atoms. The number of hydrogen-bond acceptors (Lipinski definition) is 3. The van der Waals surface area contributed by atoms with Gasteiger partial charge < -0.3 is 10.2 Å². The molecule has 0 radical (unpaired) electrons. The lowest BCUT2D eigenvalue weighted by molar-refractivity contribution is 0.0949. The van der Waals surface area contributed by atoms with Gasteiger partial charge in [0.25, 0.3) is 5.91 Å². The Hall–Kier alpha value is -2.82. The molecule has 0 spiro atoms. The SMILES string of the molecule is CN(CCCCNC(=O)c1n[nH]c2ccccc12)c1ccccc1. The van der Waals surface area contributed by atoms with Gasteiger partial charge in [-0.25, -0.2) is 0 Å². The fraction of sp³-hybridized carbons (Fsp3) is 0.263. The molecule has 0 saturated carbocycles. The molecule has 5 nitrogen and oxygen atoms in total. The molecule has 0 aliphatic carbocycles. The van der Waals surface area contributed by atoms with E-state index >= 15 is 0 Å². The van der Waals surface area contributed by atoms with Gasteiger partial charge in [0.15, 0.2) is 5.69 Å². The largest absolute Gasteiger partial charge is 0.375 e. The molecule has 0 aliphatic rings. The number of aromatic amines is 1. The van der Waals surface area contributed by atoms with Gasteiger partial charge in [-0.2, -0.15) is 5.10 Å². The van der Waals surface area contributed by atoms with Crippen LogP contribution in [0.5, 0.6) is 0 Å². The maximum absolute atomic E-state index is 12.2. The van der Waals surface area contributed by atoms with Gasteiger partial charge in [0, 0.05) is 31.2 Å². The molecule has 0 unspecified atom stereocenters. The van der Waals surface area contributed by atoms with Crippen LogP contribution in [0.1, 0.15) is 23.3 Å². The number of carbonyl (C=O) groups excluding carboxylic acids is 1. The van der Waals surface area contributed by atoms with Crippen LogP contribution in [0, 0.1) is 0 Å². The van der Waals surface area contributed by atoms with E-state index < -0.39 is 0 Å². The zero-order valence-electron chi connectivity index (χ0n) is 13.8. The molecule has 0 atom stereocenters. The van der Waals surface area contributed by atoms with E-state index in [4.69, 9.17) is 0 Å². The van der Waals surface area contributed by atoms with Gasteiger partial charge in [0.2, 0.25) is 0 Å². The molecule has 0 aliphatic heterocycles. The summed E-state index contributed by atoms with van der Waals surface area (Å²) in [7, 11) is 2.09. The summed E-state index contributed by atoms with van der Waals surface area (Å²) < 4.78 is 0. The first-order chi connectivity index (χ1) is 11.8. The molecule has 0 bridgehead atoms. The summed E-state index contributed by atoms with van der Waals surface area (Å²) in [5, 5.41) is 10.8. The van der Waals surface area contributed by atoms with E-state index in [1.165, 1.54) is 5.69 Å². The number of H-pyrrole nitrogens is 1. The average Bonchev–Trinajstić information content (AvgIpc) is 3.06. The molecule has 3 aromatic rings. The molecule has 5 heteroatoms. The van der Waals surface area contributed by atoms with Crippen LogP contribution in [0.3, 0.4) is 0 Å². The van der Waals surface area contributed by atoms with Crippen LogP contribution < -0.4 is 10.2 Å². The lowest BCUT2D eigenvalue weighted by Crippen LogP contribution is -2.26. The fourth-order valence-electron chi connectivity index (χ4n) is 2.71. The number of unbranched alkanes of at least 4 members (excludes halogenated alkanes) is 1. The number of nitrogens with one attached hydrogen (secondary N) is 2. The van der Waals surface area contributed by atoms with Crippen molar-refractivity contribution in [2.24, 2.45) is 0 Å². The first-order valence-electron chi connectivity index (χ1n) is 8.23. The van der Waals surface area contributed by atoms with E-state index in [1.807, 2.05) is 42.5 Å². The highest BCUT2D eigenvalue weighted by Gasteiger charge is 2.12. The zero-order valence-corrected chi connectivity index (χ0v) is 13.8. The predicted molar refractivity (Wildman–Crippen MR) is 97.4 cm³/mol. The Morgan fingerprint density at radius 1 is 1.08 bits per heavy atom. The fourth-order valence-corrected chi connectivity index (χ4v) is 2.71. The smallest absolute Gasteiger partial charge is 0.272 e. The summed E-state index contributed by atoms with van der Waals surface area (Å²) in [6.45, 7) is 1.62. The predicted octanol–water partition coefficient (Wildman–Crippen LogP) is 3.21. The van der Waals surface area contributed by atoms with Crippen molar-refractivity contribution in [3.63, 3.8) is 0 Å². The van der Waals surface area contributed by atoms with Crippen LogP contribution in [-0.2, 0) is 0 Å². The summed E-state index contributed by atoms with van der Waals surface area (Å²) in [4.78, 5) is 14.5. The van der Waals surface area contributed by atoms with E-state index in [0.29, 0.717) is 12.2 Å². The van der Waals surface area contributed by atoms with E-state index in [0.717, 1.165) is 30.3 Å². The minimum atomic E-state index is -0.121. The first kappa shape index (κ1) is 16.1. The van der Waals surface area contributed by atoms with Crippen LogP contribution >= 0.6 is 0 Å². The molecule has 1 amide bonds. The molecule has 124 valence electrons. The third-order valence-corrected chi connectivity index (χ3v) is 4.09. The number of fused-ring (bicyclic) bond motifs is 1. The van der Waals surface area contributed by atoms with Crippen molar-refractivity contribution in [2.75, 3.05) is 25.0 Å². The average molecular weight is 322 g/mol. The molecule has 2 aromatic carbocycles. The number of benzene rings is 2. The number of aromatic nitrogens is 2. The van der Waals surface area contributed by atoms with Crippen molar-refractivity contribution in [3.8, 4) is 0 Å². The van der Waals surface area contributed by atoms with Gasteiger partial charge in [0.1, 0.15) is 0 Å². The van der Waals surface area contributed by atoms with Crippen molar-refractivity contribution in [3.05, 3.63) is 60.3 Å². The monoisotopic (exact) mass is 322 g/mol. The highest BCUT2D eigenvalue weighted by atomic mass is 16.1. The Morgan fingerprint density at radius 3 is 2.67 bits per heavy atom. The van der Waals surface area contributed by atoms with Crippen molar-refractivity contribution in [1.29, 1.82) is 0 Å². The minimum absolute atomic E-state index is 0.121. The van der Waals surface area contributed by atoms with Crippen LogP contribution in [0.15, 0.2) is 54.6 Å². The molecular weight excluding hydrogens is 300 g/mol. The van der Waals surface area contributed by atoms with Gasteiger partial charge in [0.05, 0.1) is 5.52 Å². The maximum Gasteiger partial charge on any atom is 0.272 e. The van der Waals surface area contributed by atoms with Gasteiger partial charge in [-0.1, -0.05) is 36.4 Å². The topological polar surface area (TPSA) is 61.0 Å². The molecule has 2 N–H and O–H groups in total. The second-order valence-electron chi connectivity index (χ2n) is 5.84. The normalized spacial score (nSPS) is 10.7. The van der Waals surface area contributed by atoms with E-state index in [-0.39, 0.29) is 5.91 Å². The number of carbonyl (C=O) groups is 1. The molecule has 3 rings (SSSR count). The summed E-state index contributed by atoms with van der Waals surface area (Å²) in [5.41, 5.74) is 2.56. The van der Waals surface area contributed by atoms with E-state index in [2.05, 4.69) is 39.6 Å². The Labute approximate surface area is 141 Å². The van der Waals surface area contributed by atoms with Crippen LogP contribution in [0.2, 0.25) is 0 Å². The highest BCUT2D eigenvalue weighted by molar-refractivity contribution is 6.04. The number of rotatable bonds is 7. The first-order valence-corrected chi connectivity index (χ1v) is 8.23. The van der Waals surface area contributed by atoms with Crippen molar-refractivity contribution >= 4 is 22.5 Å². The van der Waals surface area contributed by atoms with Gasteiger partial charge in [-0.05, 0) is 31.0 Å². The van der Waals surface area contributed by atoms with Crippen molar-refractivity contribution in [2.45, 2.75) is 12.8 Å². The number of anilines is 1. The second kappa shape index (κ2) is 7.64. The quantitative estimate of drug-likeness (QED) is 0.657. The molecule has 0 fully saturated rings. The summed E-state index contributed by atoms with van der Waals surface area (Å²) in [6, 6.07) is 18.0. The van der Waals surface area contributed by atoms with Crippen molar-refractivity contribution < 1.29 is 4.79 Å². The lowest BCUT2D eigenvalue weighted by Gasteiger charge is -2.19. The highest BCUT2D eigenvalue weighted by Crippen LogP contribution is 2.15. The number of para-hydroxylation sites is 2. The summed E-state index contributed by atoms with van der Waals surface area (Å²) >= 11 is 0. The Bertz CT molecular complexity index is 797. The van der Waals surface area contributed by atoms with E-state index in [9.17, 15) is 4.79 Å². The Balaban J connectivity index is 1.43. The van der Waals surface area contributed by atoms with Gasteiger partial charge >= 0.3 is 0 Å². The molecular formula is C19H22N4O. The zero-order chi connectivity index (χ0) is 16.8. The number of hydrogen-bond donors (Lipinski definition) is 2. The van der Waals surface area contributed by atoms with Crippen molar-refractivity contribution in [1.82, 2.24) is 15.5 Å². The van der Waals surface area contributed by atoms with Gasteiger partial charge in [-0.15, -0.1) is 0 Å². The van der Waals surface area contributed by atoms with Crippen LogP contribution in [-0.4, -0.2) is 36.2 Å². The Morgan fingerprint density at radius 2 is 1.83 bits per heavy atom. The third-order valence-electron chi connectivity index (χ3n) is 4.09. The summed E-state index contributed by atoms with van der Waals surface area (Å²) in [6.07, 6.45) is 1.96.